The summed E-state index contributed by atoms with van der Waals surface area (Å²) in [6, 6.07) is 4.95. The molecule has 0 aromatic carbocycles. The monoisotopic (exact) mass is 286 g/mol. The Morgan fingerprint density at radius 1 is 1.29 bits per heavy atom. The van der Waals surface area contributed by atoms with Crippen LogP contribution in [-0.4, -0.2) is 55.3 Å². The van der Waals surface area contributed by atoms with E-state index in [1.54, 1.807) is 0 Å². The molecule has 0 amide bonds. The van der Waals surface area contributed by atoms with Crippen molar-refractivity contribution in [3.05, 3.63) is 23.0 Å². The first kappa shape index (κ1) is 14.3. The Kier molecular flexibility index (Phi) is 4.09. The van der Waals surface area contributed by atoms with E-state index < -0.39 is 0 Å². The highest BCUT2D eigenvalue weighted by molar-refractivity contribution is 5.62. The molecule has 1 atom stereocenters. The summed E-state index contributed by atoms with van der Waals surface area (Å²) in [6.45, 7) is 9.66. The highest BCUT2D eigenvalue weighted by Crippen LogP contribution is 2.28. The summed E-state index contributed by atoms with van der Waals surface area (Å²) >= 11 is 0. The van der Waals surface area contributed by atoms with Crippen LogP contribution >= 0.6 is 0 Å². The molecule has 5 nitrogen and oxygen atoms in total. The molecule has 2 saturated heterocycles. The molecule has 0 saturated carbocycles. The Morgan fingerprint density at radius 2 is 2.05 bits per heavy atom. The first-order valence-corrected chi connectivity index (χ1v) is 7.64. The van der Waals surface area contributed by atoms with Gasteiger partial charge in [-0.3, -0.25) is 9.88 Å². The standard InChI is InChI=1S/C16H22N4O/c1-12-9-16(15(10-17)13(2)18-12)20-4-3-14(11-20)19-5-7-21-8-6-19/h9,14H,3-8,11H2,1-2H3. The van der Waals surface area contributed by atoms with Crippen LogP contribution in [0.25, 0.3) is 0 Å². The number of rotatable bonds is 2. The van der Waals surface area contributed by atoms with E-state index in [0.717, 1.165) is 68.5 Å². The summed E-state index contributed by atoms with van der Waals surface area (Å²) in [5.74, 6) is 0. The van der Waals surface area contributed by atoms with Crippen molar-refractivity contribution in [1.82, 2.24) is 9.88 Å². The average molecular weight is 286 g/mol. The molecule has 0 spiro atoms. The maximum Gasteiger partial charge on any atom is 0.103 e. The zero-order valence-electron chi connectivity index (χ0n) is 12.8. The smallest absolute Gasteiger partial charge is 0.103 e. The summed E-state index contributed by atoms with van der Waals surface area (Å²) < 4.78 is 5.43. The van der Waals surface area contributed by atoms with Gasteiger partial charge in [-0.25, -0.2) is 0 Å². The lowest BCUT2D eigenvalue weighted by Crippen LogP contribution is -2.44. The number of aromatic nitrogens is 1. The number of aryl methyl sites for hydroxylation is 2. The van der Waals surface area contributed by atoms with Crippen LogP contribution in [0, 0.1) is 25.2 Å². The summed E-state index contributed by atoms with van der Waals surface area (Å²) in [4.78, 5) is 9.28. The molecule has 3 rings (SSSR count). The fourth-order valence-electron chi connectivity index (χ4n) is 3.40. The second-order valence-electron chi connectivity index (χ2n) is 5.89. The van der Waals surface area contributed by atoms with Crippen LogP contribution in [-0.2, 0) is 4.74 Å². The van der Waals surface area contributed by atoms with Crippen molar-refractivity contribution < 1.29 is 4.74 Å². The molecule has 0 aliphatic carbocycles. The minimum atomic E-state index is 0.578. The molecule has 21 heavy (non-hydrogen) atoms. The minimum Gasteiger partial charge on any atom is -0.379 e. The highest BCUT2D eigenvalue weighted by Gasteiger charge is 2.30. The van der Waals surface area contributed by atoms with Gasteiger partial charge in [0.05, 0.1) is 30.2 Å². The summed E-state index contributed by atoms with van der Waals surface area (Å²) in [5, 5.41) is 9.42. The first-order chi connectivity index (χ1) is 10.2. The number of hydrogen-bond donors (Lipinski definition) is 0. The first-order valence-electron chi connectivity index (χ1n) is 7.64. The molecule has 5 heteroatoms. The molecule has 0 bridgehead atoms. The van der Waals surface area contributed by atoms with Gasteiger partial charge in [-0.15, -0.1) is 0 Å². The number of nitriles is 1. The van der Waals surface area contributed by atoms with Crippen molar-refractivity contribution in [2.24, 2.45) is 0 Å². The lowest BCUT2D eigenvalue weighted by atomic mass is 10.1. The fourth-order valence-corrected chi connectivity index (χ4v) is 3.40. The molecular weight excluding hydrogens is 264 g/mol. The third-order valence-corrected chi connectivity index (χ3v) is 4.49. The number of anilines is 1. The molecule has 1 aromatic rings. The van der Waals surface area contributed by atoms with Crippen LogP contribution < -0.4 is 4.90 Å². The van der Waals surface area contributed by atoms with Gasteiger partial charge < -0.3 is 9.64 Å². The van der Waals surface area contributed by atoms with Gasteiger partial charge in [-0.05, 0) is 26.3 Å². The van der Waals surface area contributed by atoms with E-state index >= 15 is 0 Å². The summed E-state index contributed by atoms with van der Waals surface area (Å²) in [6.07, 6.45) is 1.16. The third kappa shape index (κ3) is 2.87. The molecule has 2 aliphatic heterocycles. The van der Waals surface area contributed by atoms with Gasteiger partial charge in [-0.1, -0.05) is 0 Å². The van der Waals surface area contributed by atoms with Gasteiger partial charge in [-0.2, -0.15) is 5.26 Å². The van der Waals surface area contributed by atoms with Crippen LogP contribution in [0.4, 0.5) is 5.69 Å². The maximum absolute atomic E-state index is 9.42. The van der Waals surface area contributed by atoms with E-state index in [2.05, 4.69) is 20.9 Å². The van der Waals surface area contributed by atoms with E-state index in [9.17, 15) is 5.26 Å². The number of morpholine rings is 1. The molecular formula is C16H22N4O. The molecule has 0 radical (unpaired) electrons. The highest BCUT2D eigenvalue weighted by atomic mass is 16.5. The Morgan fingerprint density at radius 3 is 2.76 bits per heavy atom. The van der Waals surface area contributed by atoms with E-state index in [-0.39, 0.29) is 0 Å². The molecule has 1 unspecified atom stereocenters. The SMILES string of the molecule is Cc1cc(N2CCC(N3CCOCC3)C2)c(C#N)c(C)n1. The van der Waals surface area contributed by atoms with E-state index in [0.29, 0.717) is 6.04 Å². The predicted molar refractivity (Wildman–Crippen MR) is 81.4 cm³/mol. The van der Waals surface area contributed by atoms with E-state index in [4.69, 9.17) is 4.74 Å². The van der Waals surface area contributed by atoms with Crippen molar-refractivity contribution in [3.8, 4) is 6.07 Å². The third-order valence-electron chi connectivity index (χ3n) is 4.49. The number of hydrogen-bond acceptors (Lipinski definition) is 5. The second-order valence-corrected chi connectivity index (χ2v) is 5.89. The quantitative estimate of drug-likeness (QED) is 0.824. The van der Waals surface area contributed by atoms with E-state index in [1.165, 1.54) is 0 Å². The van der Waals surface area contributed by atoms with Crippen LogP contribution in [0.3, 0.4) is 0 Å². The normalized spacial score (nSPS) is 23.3. The van der Waals surface area contributed by atoms with Gasteiger partial charge in [0.25, 0.3) is 0 Å². The molecule has 1 aromatic heterocycles. The van der Waals surface area contributed by atoms with Gasteiger partial charge >= 0.3 is 0 Å². The van der Waals surface area contributed by atoms with Crippen molar-refractivity contribution in [3.63, 3.8) is 0 Å². The Labute approximate surface area is 126 Å². The Hall–Kier alpha value is -1.64. The second kappa shape index (κ2) is 6.00. The number of pyridine rings is 1. The molecule has 2 aliphatic rings. The van der Waals surface area contributed by atoms with Crippen LogP contribution in [0.15, 0.2) is 6.07 Å². The zero-order chi connectivity index (χ0) is 14.8. The average Bonchev–Trinajstić information content (AvgIpc) is 2.97. The fraction of sp³-hybridized carbons (Fsp3) is 0.625. The number of nitrogens with zero attached hydrogens (tertiary/aromatic N) is 4. The van der Waals surface area contributed by atoms with Crippen LogP contribution in [0.1, 0.15) is 23.4 Å². The maximum atomic E-state index is 9.42. The lowest BCUT2D eigenvalue weighted by Gasteiger charge is -2.32. The Balaban J connectivity index is 1.78. The number of ether oxygens (including phenoxy) is 1. The zero-order valence-corrected chi connectivity index (χ0v) is 12.8. The van der Waals surface area contributed by atoms with Crippen LogP contribution in [0.2, 0.25) is 0 Å². The predicted octanol–water partition coefficient (Wildman–Crippen LogP) is 1.48. The topological polar surface area (TPSA) is 52.4 Å². The molecule has 112 valence electrons. The van der Waals surface area contributed by atoms with Crippen molar-refractivity contribution in [1.29, 1.82) is 5.26 Å². The van der Waals surface area contributed by atoms with Crippen molar-refractivity contribution in [2.75, 3.05) is 44.3 Å². The van der Waals surface area contributed by atoms with Crippen molar-refractivity contribution in [2.45, 2.75) is 26.3 Å². The molecule has 3 heterocycles. The van der Waals surface area contributed by atoms with Crippen LogP contribution in [0.5, 0.6) is 0 Å². The molecule has 0 N–H and O–H groups in total. The van der Waals surface area contributed by atoms with Gasteiger partial charge in [0, 0.05) is 37.9 Å². The van der Waals surface area contributed by atoms with E-state index in [1.807, 2.05) is 19.9 Å². The van der Waals surface area contributed by atoms with Gasteiger partial charge in [0.1, 0.15) is 6.07 Å². The van der Waals surface area contributed by atoms with Gasteiger partial charge in [0.15, 0.2) is 0 Å². The molecule has 2 fully saturated rings. The van der Waals surface area contributed by atoms with Crippen molar-refractivity contribution >= 4 is 5.69 Å². The summed E-state index contributed by atoms with van der Waals surface area (Å²) in [5.41, 5.74) is 3.60. The Bertz CT molecular complexity index is 560. The summed E-state index contributed by atoms with van der Waals surface area (Å²) in [7, 11) is 0. The minimum absolute atomic E-state index is 0.578. The van der Waals surface area contributed by atoms with Gasteiger partial charge in [0.2, 0.25) is 0 Å². The lowest BCUT2D eigenvalue weighted by molar-refractivity contribution is 0.0209. The largest absolute Gasteiger partial charge is 0.379 e.